The number of primary amides is 1. The zero-order chi connectivity index (χ0) is 19.9. The molecule has 3 amide bonds. The largest absolute Gasteiger partial charge is 0.366 e. The summed E-state index contributed by atoms with van der Waals surface area (Å²) in [5.41, 5.74) is 8.14. The number of benzene rings is 3. The van der Waals surface area contributed by atoms with Crippen LogP contribution in [0.5, 0.6) is 0 Å². The third-order valence-electron chi connectivity index (χ3n) is 3.84. The summed E-state index contributed by atoms with van der Waals surface area (Å²) < 4.78 is 0. The molecule has 0 aliphatic heterocycles. The van der Waals surface area contributed by atoms with Crippen molar-refractivity contribution in [1.29, 1.82) is 0 Å². The van der Waals surface area contributed by atoms with Gasteiger partial charge in [-0.25, -0.2) is 0 Å². The number of amides is 3. The SMILES string of the molecule is NC(=O)c1ccc(NC(=O)C(=O)Nc2ccc(Nc3ccccc3)cc2)cc1. The van der Waals surface area contributed by atoms with Gasteiger partial charge in [0, 0.05) is 28.3 Å². The first-order valence-electron chi connectivity index (χ1n) is 8.45. The highest BCUT2D eigenvalue weighted by Gasteiger charge is 2.14. The van der Waals surface area contributed by atoms with Gasteiger partial charge in [0.15, 0.2) is 0 Å². The van der Waals surface area contributed by atoms with Gasteiger partial charge >= 0.3 is 11.8 Å². The Morgan fingerprint density at radius 2 is 1.00 bits per heavy atom. The molecular weight excluding hydrogens is 356 g/mol. The molecule has 0 radical (unpaired) electrons. The molecule has 3 aromatic rings. The Kier molecular flexibility index (Phi) is 5.66. The first-order chi connectivity index (χ1) is 13.5. The second-order valence-electron chi connectivity index (χ2n) is 5.92. The number of hydrogen-bond donors (Lipinski definition) is 4. The lowest BCUT2D eigenvalue weighted by atomic mass is 10.2. The molecule has 140 valence electrons. The summed E-state index contributed by atoms with van der Waals surface area (Å²) in [6.07, 6.45) is 0. The van der Waals surface area contributed by atoms with Gasteiger partial charge in [0.25, 0.3) is 0 Å². The fourth-order valence-electron chi connectivity index (χ4n) is 2.42. The van der Waals surface area contributed by atoms with Crippen molar-refractivity contribution in [3.63, 3.8) is 0 Å². The number of nitrogens with one attached hydrogen (secondary N) is 3. The molecule has 0 saturated carbocycles. The number of anilines is 4. The normalized spacial score (nSPS) is 10.0. The van der Waals surface area contributed by atoms with Crippen LogP contribution in [0.2, 0.25) is 0 Å². The zero-order valence-corrected chi connectivity index (χ0v) is 14.8. The molecule has 3 aromatic carbocycles. The number of para-hydroxylation sites is 1. The summed E-state index contributed by atoms with van der Waals surface area (Å²) in [6.45, 7) is 0. The first kappa shape index (κ1) is 18.7. The van der Waals surface area contributed by atoms with Crippen LogP contribution >= 0.6 is 0 Å². The van der Waals surface area contributed by atoms with E-state index in [1.54, 1.807) is 24.3 Å². The van der Waals surface area contributed by atoms with Gasteiger partial charge in [0.05, 0.1) is 0 Å². The van der Waals surface area contributed by atoms with Crippen molar-refractivity contribution in [2.24, 2.45) is 5.73 Å². The molecule has 0 atom stereocenters. The molecule has 0 aliphatic rings. The maximum Gasteiger partial charge on any atom is 0.314 e. The maximum absolute atomic E-state index is 12.1. The van der Waals surface area contributed by atoms with Crippen LogP contribution in [0.15, 0.2) is 78.9 Å². The van der Waals surface area contributed by atoms with E-state index >= 15 is 0 Å². The molecule has 7 heteroatoms. The molecule has 28 heavy (non-hydrogen) atoms. The lowest BCUT2D eigenvalue weighted by Gasteiger charge is -2.09. The molecule has 0 bridgehead atoms. The van der Waals surface area contributed by atoms with Crippen molar-refractivity contribution in [1.82, 2.24) is 0 Å². The quantitative estimate of drug-likeness (QED) is 0.514. The zero-order valence-electron chi connectivity index (χ0n) is 14.8. The predicted octanol–water partition coefficient (Wildman–Crippen LogP) is 3.11. The fraction of sp³-hybridized carbons (Fsp3) is 0. The van der Waals surface area contributed by atoms with Crippen LogP contribution in [-0.4, -0.2) is 17.7 Å². The standard InChI is InChI=1S/C21H18N4O3/c22-19(26)14-6-8-17(9-7-14)24-20(27)21(28)25-18-12-10-16(11-13-18)23-15-4-2-1-3-5-15/h1-13,23H,(H2,22,26)(H,24,27)(H,25,28). The minimum atomic E-state index is -0.821. The van der Waals surface area contributed by atoms with E-state index in [0.29, 0.717) is 16.9 Å². The average molecular weight is 374 g/mol. The summed E-state index contributed by atoms with van der Waals surface area (Å²) in [7, 11) is 0. The number of carbonyl (C=O) groups is 3. The smallest absolute Gasteiger partial charge is 0.314 e. The van der Waals surface area contributed by atoms with E-state index in [9.17, 15) is 14.4 Å². The molecule has 0 aliphatic carbocycles. The van der Waals surface area contributed by atoms with Crippen LogP contribution in [0, 0.1) is 0 Å². The highest BCUT2D eigenvalue weighted by Crippen LogP contribution is 2.18. The fourth-order valence-corrected chi connectivity index (χ4v) is 2.42. The molecule has 0 unspecified atom stereocenters. The van der Waals surface area contributed by atoms with Crippen molar-refractivity contribution in [2.45, 2.75) is 0 Å². The highest BCUT2D eigenvalue weighted by molar-refractivity contribution is 6.43. The summed E-state index contributed by atoms with van der Waals surface area (Å²) in [4.78, 5) is 35.1. The third-order valence-corrected chi connectivity index (χ3v) is 3.84. The Hall–Kier alpha value is -4.13. The summed E-state index contributed by atoms with van der Waals surface area (Å²) in [5.74, 6) is -2.19. The lowest BCUT2D eigenvalue weighted by molar-refractivity contribution is -0.132. The molecule has 0 spiro atoms. The molecule has 3 rings (SSSR count). The summed E-state index contributed by atoms with van der Waals surface area (Å²) >= 11 is 0. The first-order valence-corrected chi connectivity index (χ1v) is 8.45. The van der Waals surface area contributed by atoms with Crippen LogP contribution in [-0.2, 0) is 9.59 Å². The van der Waals surface area contributed by atoms with Crippen LogP contribution in [0.25, 0.3) is 0 Å². The minimum absolute atomic E-state index is 0.312. The van der Waals surface area contributed by atoms with Crippen molar-refractivity contribution in [2.75, 3.05) is 16.0 Å². The van der Waals surface area contributed by atoms with Crippen molar-refractivity contribution in [3.05, 3.63) is 84.4 Å². The number of rotatable bonds is 5. The van der Waals surface area contributed by atoms with Crippen LogP contribution in [0.1, 0.15) is 10.4 Å². The van der Waals surface area contributed by atoms with Crippen LogP contribution in [0.4, 0.5) is 22.7 Å². The van der Waals surface area contributed by atoms with E-state index in [0.717, 1.165) is 11.4 Å². The van der Waals surface area contributed by atoms with E-state index in [1.807, 2.05) is 30.3 Å². The molecule has 7 nitrogen and oxygen atoms in total. The van der Waals surface area contributed by atoms with E-state index in [4.69, 9.17) is 5.73 Å². The Morgan fingerprint density at radius 1 is 0.571 bits per heavy atom. The topological polar surface area (TPSA) is 113 Å². The van der Waals surface area contributed by atoms with Gasteiger partial charge in [-0.3, -0.25) is 14.4 Å². The summed E-state index contributed by atoms with van der Waals surface area (Å²) in [5, 5.41) is 8.21. The maximum atomic E-state index is 12.1. The second-order valence-corrected chi connectivity index (χ2v) is 5.92. The number of hydrogen-bond acceptors (Lipinski definition) is 4. The number of nitrogens with two attached hydrogens (primary N) is 1. The van der Waals surface area contributed by atoms with Crippen molar-refractivity contribution < 1.29 is 14.4 Å². The number of carbonyl (C=O) groups excluding carboxylic acids is 3. The minimum Gasteiger partial charge on any atom is -0.366 e. The van der Waals surface area contributed by atoms with Gasteiger partial charge in [-0.15, -0.1) is 0 Å². The van der Waals surface area contributed by atoms with Crippen LogP contribution in [0.3, 0.4) is 0 Å². The van der Waals surface area contributed by atoms with Gasteiger partial charge in [0.2, 0.25) is 5.91 Å². The van der Waals surface area contributed by atoms with E-state index in [1.165, 1.54) is 24.3 Å². The van der Waals surface area contributed by atoms with Gasteiger partial charge < -0.3 is 21.7 Å². The molecule has 5 N–H and O–H groups in total. The molecule has 0 saturated heterocycles. The monoisotopic (exact) mass is 374 g/mol. The predicted molar refractivity (Wildman–Crippen MR) is 108 cm³/mol. The van der Waals surface area contributed by atoms with Crippen molar-refractivity contribution in [3.8, 4) is 0 Å². The second kappa shape index (κ2) is 8.50. The van der Waals surface area contributed by atoms with Crippen LogP contribution < -0.4 is 21.7 Å². The van der Waals surface area contributed by atoms with E-state index in [-0.39, 0.29) is 0 Å². The Balaban J connectivity index is 1.56. The lowest BCUT2D eigenvalue weighted by Crippen LogP contribution is -2.29. The molecular formula is C21H18N4O3. The van der Waals surface area contributed by atoms with Gasteiger partial charge in [0.1, 0.15) is 0 Å². The van der Waals surface area contributed by atoms with E-state index < -0.39 is 17.7 Å². The highest BCUT2D eigenvalue weighted by atomic mass is 16.2. The van der Waals surface area contributed by atoms with Gasteiger partial charge in [-0.1, -0.05) is 18.2 Å². The molecule has 0 aromatic heterocycles. The van der Waals surface area contributed by atoms with Gasteiger partial charge in [-0.2, -0.15) is 0 Å². The van der Waals surface area contributed by atoms with Crippen molar-refractivity contribution >= 4 is 40.5 Å². The third kappa shape index (κ3) is 4.95. The summed E-state index contributed by atoms with van der Waals surface area (Å²) in [6, 6.07) is 22.6. The Labute approximate surface area is 161 Å². The molecule has 0 heterocycles. The molecule has 0 fully saturated rings. The Bertz CT molecular complexity index is 984. The average Bonchev–Trinajstić information content (AvgIpc) is 2.70. The van der Waals surface area contributed by atoms with Gasteiger partial charge in [-0.05, 0) is 60.7 Å². The Morgan fingerprint density at radius 3 is 1.50 bits per heavy atom. The van der Waals surface area contributed by atoms with E-state index in [2.05, 4.69) is 16.0 Å².